The minimum Gasteiger partial charge on any atom is -0.393 e. The van der Waals surface area contributed by atoms with E-state index in [0.717, 1.165) is 16.3 Å². The predicted molar refractivity (Wildman–Crippen MR) is 73.1 cm³/mol. The molecule has 0 saturated carbocycles. The second-order valence-electron chi connectivity index (χ2n) is 4.01. The molecule has 0 unspecified atom stereocenters. The van der Waals surface area contributed by atoms with Gasteiger partial charge in [-0.05, 0) is 43.8 Å². The lowest BCUT2D eigenvalue weighted by Crippen LogP contribution is -1.96. The third-order valence-electron chi connectivity index (χ3n) is 2.37. The molecule has 0 fully saturated rings. The van der Waals surface area contributed by atoms with Crippen LogP contribution in [0.1, 0.15) is 11.4 Å². The summed E-state index contributed by atoms with van der Waals surface area (Å²) in [5, 5.41) is 11.3. The molecule has 98 valence electrons. The van der Waals surface area contributed by atoms with Crippen molar-refractivity contribution in [2.45, 2.75) is 23.9 Å². The van der Waals surface area contributed by atoms with Gasteiger partial charge in [0.15, 0.2) is 5.16 Å². The molecule has 0 bridgehead atoms. The van der Waals surface area contributed by atoms with Gasteiger partial charge in [-0.1, -0.05) is 0 Å². The third-order valence-corrected chi connectivity index (χ3v) is 3.22. The van der Waals surface area contributed by atoms with Crippen molar-refractivity contribution >= 4 is 23.1 Å². The Morgan fingerprint density at radius 1 is 1.21 bits per heavy atom. The van der Waals surface area contributed by atoms with E-state index >= 15 is 0 Å². The van der Waals surface area contributed by atoms with E-state index in [9.17, 15) is 10.1 Å². The van der Waals surface area contributed by atoms with Gasteiger partial charge in [-0.3, -0.25) is 10.1 Å². The Morgan fingerprint density at radius 3 is 2.37 bits per heavy atom. The van der Waals surface area contributed by atoms with Crippen molar-refractivity contribution in [3.05, 3.63) is 45.8 Å². The van der Waals surface area contributed by atoms with Gasteiger partial charge in [-0.15, -0.1) is 0 Å². The Labute approximate surface area is 114 Å². The molecule has 0 spiro atoms. The molecule has 0 atom stereocenters. The number of nitro groups is 1. The van der Waals surface area contributed by atoms with Gasteiger partial charge in [0.05, 0.1) is 4.92 Å². The van der Waals surface area contributed by atoms with Crippen LogP contribution in [0.5, 0.6) is 0 Å². The monoisotopic (exact) mass is 276 g/mol. The maximum absolute atomic E-state index is 10.7. The standard InChI is InChI=1S/C12H12N4O2S/c1-7-5-8(2)15-12(14-7)19-9-3-4-11(16(17)18)10(13)6-9/h3-6H,13H2,1-2H3. The van der Waals surface area contributed by atoms with Gasteiger partial charge in [-0.2, -0.15) is 0 Å². The number of aromatic nitrogens is 2. The minimum atomic E-state index is -0.503. The fraction of sp³-hybridized carbons (Fsp3) is 0.167. The molecular weight excluding hydrogens is 264 g/mol. The van der Waals surface area contributed by atoms with E-state index < -0.39 is 4.92 Å². The van der Waals surface area contributed by atoms with Crippen molar-refractivity contribution in [1.29, 1.82) is 0 Å². The van der Waals surface area contributed by atoms with E-state index in [1.807, 2.05) is 19.9 Å². The smallest absolute Gasteiger partial charge is 0.292 e. The van der Waals surface area contributed by atoms with Gasteiger partial charge in [0, 0.05) is 22.3 Å². The number of hydrogen-bond acceptors (Lipinski definition) is 6. The molecule has 1 aromatic heterocycles. The van der Waals surface area contributed by atoms with Gasteiger partial charge in [-0.25, -0.2) is 9.97 Å². The van der Waals surface area contributed by atoms with E-state index in [0.29, 0.717) is 5.16 Å². The lowest BCUT2D eigenvalue weighted by atomic mass is 10.3. The molecule has 0 aliphatic rings. The van der Waals surface area contributed by atoms with E-state index in [1.165, 1.54) is 17.8 Å². The lowest BCUT2D eigenvalue weighted by Gasteiger charge is -2.04. The molecule has 0 aliphatic carbocycles. The van der Waals surface area contributed by atoms with Crippen LogP contribution in [0.4, 0.5) is 11.4 Å². The van der Waals surface area contributed by atoms with Gasteiger partial charge in [0.25, 0.3) is 5.69 Å². The van der Waals surface area contributed by atoms with Crippen LogP contribution in [0.25, 0.3) is 0 Å². The molecule has 1 heterocycles. The second-order valence-corrected chi connectivity index (χ2v) is 5.05. The van der Waals surface area contributed by atoms with Gasteiger partial charge >= 0.3 is 0 Å². The molecule has 2 aromatic rings. The topological polar surface area (TPSA) is 94.9 Å². The molecule has 6 nitrogen and oxygen atoms in total. The molecule has 19 heavy (non-hydrogen) atoms. The molecule has 2 N–H and O–H groups in total. The quantitative estimate of drug-likeness (QED) is 0.401. The number of benzene rings is 1. The van der Waals surface area contributed by atoms with Gasteiger partial charge < -0.3 is 5.73 Å². The highest BCUT2D eigenvalue weighted by atomic mass is 32.2. The number of rotatable bonds is 3. The Balaban J connectivity index is 2.28. The number of nitrogens with zero attached hydrogens (tertiary/aromatic N) is 3. The zero-order valence-electron chi connectivity index (χ0n) is 10.5. The second kappa shape index (κ2) is 5.23. The van der Waals surface area contributed by atoms with Crippen LogP contribution in [0, 0.1) is 24.0 Å². The van der Waals surface area contributed by atoms with Crippen LogP contribution >= 0.6 is 11.8 Å². The Morgan fingerprint density at radius 2 is 1.84 bits per heavy atom. The zero-order chi connectivity index (χ0) is 14.0. The first kappa shape index (κ1) is 13.3. The number of nitrogen functional groups attached to an aromatic ring is 1. The average Bonchev–Trinajstić information content (AvgIpc) is 2.26. The molecule has 0 aliphatic heterocycles. The highest BCUT2D eigenvalue weighted by Gasteiger charge is 2.12. The van der Waals surface area contributed by atoms with Crippen molar-refractivity contribution in [3.8, 4) is 0 Å². The molecule has 0 amide bonds. The van der Waals surface area contributed by atoms with Crippen LogP contribution in [0.3, 0.4) is 0 Å². The fourth-order valence-electron chi connectivity index (χ4n) is 1.61. The summed E-state index contributed by atoms with van der Waals surface area (Å²) in [7, 11) is 0. The minimum absolute atomic E-state index is 0.0920. The van der Waals surface area contributed by atoms with Crippen LogP contribution < -0.4 is 5.73 Å². The molecule has 0 radical (unpaired) electrons. The van der Waals surface area contributed by atoms with Crippen molar-refractivity contribution in [3.63, 3.8) is 0 Å². The fourth-order valence-corrected chi connectivity index (χ4v) is 2.52. The largest absolute Gasteiger partial charge is 0.393 e. The molecule has 1 aromatic carbocycles. The number of nitrogens with two attached hydrogens (primary N) is 1. The molecular formula is C12H12N4O2S. The number of anilines is 1. The van der Waals surface area contributed by atoms with E-state index in [-0.39, 0.29) is 11.4 Å². The highest BCUT2D eigenvalue weighted by molar-refractivity contribution is 7.99. The predicted octanol–water partition coefficient (Wildman–Crippen LogP) is 2.74. The highest BCUT2D eigenvalue weighted by Crippen LogP contribution is 2.30. The summed E-state index contributed by atoms with van der Waals surface area (Å²) in [5.74, 6) is 0. The number of aryl methyl sites for hydroxylation is 2. The summed E-state index contributed by atoms with van der Waals surface area (Å²) < 4.78 is 0. The first-order valence-electron chi connectivity index (χ1n) is 5.50. The zero-order valence-corrected chi connectivity index (χ0v) is 11.3. The van der Waals surface area contributed by atoms with Gasteiger partial charge in [0.2, 0.25) is 0 Å². The SMILES string of the molecule is Cc1cc(C)nc(Sc2ccc([N+](=O)[O-])c(N)c2)n1. The summed E-state index contributed by atoms with van der Waals surface area (Å²) >= 11 is 1.33. The molecule has 7 heteroatoms. The summed E-state index contributed by atoms with van der Waals surface area (Å²) in [5.41, 5.74) is 7.45. The van der Waals surface area contributed by atoms with Crippen molar-refractivity contribution in [2.75, 3.05) is 5.73 Å². The summed E-state index contributed by atoms with van der Waals surface area (Å²) in [6.45, 7) is 3.78. The first-order chi connectivity index (χ1) is 8.95. The van der Waals surface area contributed by atoms with Crippen LogP contribution in [-0.4, -0.2) is 14.9 Å². The summed E-state index contributed by atoms with van der Waals surface area (Å²) in [6.07, 6.45) is 0. The third kappa shape index (κ3) is 3.19. The van der Waals surface area contributed by atoms with Crippen molar-refractivity contribution in [1.82, 2.24) is 9.97 Å². The normalized spacial score (nSPS) is 10.4. The summed E-state index contributed by atoms with van der Waals surface area (Å²) in [6, 6.07) is 6.47. The van der Waals surface area contributed by atoms with E-state index in [4.69, 9.17) is 5.73 Å². The van der Waals surface area contributed by atoms with Crippen LogP contribution in [-0.2, 0) is 0 Å². The Kier molecular flexibility index (Phi) is 3.66. The van der Waals surface area contributed by atoms with Crippen LogP contribution in [0.2, 0.25) is 0 Å². The molecule has 2 rings (SSSR count). The lowest BCUT2D eigenvalue weighted by molar-refractivity contribution is -0.383. The van der Waals surface area contributed by atoms with E-state index in [1.54, 1.807) is 12.1 Å². The van der Waals surface area contributed by atoms with Crippen LogP contribution in [0.15, 0.2) is 34.3 Å². The van der Waals surface area contributed by atoms with Crippen molar-refractivity contribution < 1.29 is 4.92 Å². The maximum atomic E-state index is 10.7. The average molecular weight is 276 g/mol. The summed E-state index contributed by atoms with van der Waals surface area (Å²) in [4.78, 5) is 19.5. The van der Waals surface area contributed by atoms with Gasteiger partial charge in [0.1, 0.15) is 5.69 Å². The van der Waals surface area contributed by atoms with E-state index in [2.05, 4.69) is 9.97 Å². The van der Waals surface area contributed by atoms with Crippen molar-refractivity contribution in [2.24, 2.45) is 0 Å². The Hall–Kier alpha value is -2.15. The number of nitro benzene ring substituents is 1. The Bertz CT molecular complexity index is 625. The molecule has 0 saturated heterocycles. The number of hydrogen-bond donors (Lipinski definition) is 1. The maximum Gasteiger partial charge on any atom is 0.292 e. The first-order valence-corrected chi connectivity index (χ1v) is 6.31.